The third kappa shape index (κ3) is 4.92. The first-order chi connectivity index (χ1) is 9.23. The zero-order chi connectivity index (χ0) is 15.3. The maximum atomic E-state index is 5.86. The third-order valence-electron chi connectivity index (χ3n) is 4.25. The lowest BCUT2D eigenvalue weighted by Crippen LogP contribution is -2.28. The van der Waals surface area contributed by atoms with Gasteiger partial charge in [-0.1, -0.05) is 49.8 Å². The molecule has 1 atom stereocenters. The van der Waals surface area contributed by atoms with E-state index in [1.165, 1.54) is 5.57 Å². The number of ether oxygens (including phenoxy) is 2. The van der Waals surface area contributed by atoms with Crippen molar-refractivity contribution in [3.05, 3.63) is 36.0 Å². The normalized spacial score (nSPS) is 21.1. The molecule has 20 heavy (non-hydrogen) atoms. The molecule has 114 valence electrons. The quantitative estimate of drug-likeness (QED) is 0.465. The second-order valence-corrected chi connectivity index (χ2v) is 6.74. The molecule has 2 heteroatoms. The van der Waals surface area contributed by atoms with Crippen molar-refractivity contribution in [3.63, 3.8) is 0 Å². The molecule has 0 fully saturated rings. The summed E-state index contributed by atoms with van der Waals surface area (Å²) in [4.78, 5) is 0. The van der Waals surface area contributed by atoms with Gasteiger partial charge in [-0.3, -0.25) is 0 Å². The SMILES string of the molecule is C=C(C)COC(CC1CC=C(C)C1(C)C)OCC(=C)C. The van der Waals surface area contributed by atoms with Crippen LogP contribution >= 0.6 is 0 Å². The summed E-state index contributed by atoms with van der Waals surface area (Å²) in [7, 11) is 0. The Morgan fingerprint density at radius 1 is 1.25 bits per heavy atom. The first-order valence-electron chi connectivity index (χ1n) is 7.42. The van der Waals surface area contributed by atoms with Gasteiger partial charge in [0.05, 0.1) is 13.2 Å². The fourth-order valence-electron chi connectivity index (χ4n) is 2.48. The van der Waals surface area contributed by atoms with Crippen LogP contribution in [-0.4, -0.2) is 19.5 Å². The highest BCUT2D eigenvalue weighted by molar-refractivity contribution is 5.18. The lowest BCUT2D eigenvalue weighted by atomic mass is 9.76. The van der Waals surface area contributed by atoms with E-state index in [1.54, 1.807) is 0 Å². The van der Waals surface area contributed by atoms with E-state index in [2.05, 4.69) is 40.0 Å². The molecule has 0 radical (unpaired) electrons. The molecule has 0 amide bonds. The molecule has 0 aromatic heterocycles. The van der Waals surface area contributed by atoms with Crippen LogP contribution in [0, 0.1) is 11.3 Å². The summed E-state index contributed by atoms with van der Waals surface area (Å²) in [5.41, 5.74) is 3.75. The summed E-state index contributed by atoms with van der Waals surface area (Å²) in [6.07, 6.45) is 4.20. The van der Waals surface area contributed by atoms with Gasteiger partial charge in [-0.15, -0.1) is 0 Å². The first kappa shape index (κ1) is 17.2. The van der Waals surface area contributed by atoms with E-state index < -0.39 is 0 Å². The van der Waals surface area contributed by atoms with Gasteiger partial charge in [-0.2, -0.15) is 0 Å². The van der Waals surface area contributed by atoms with Crippen LogP contribution < -0.4 is 0 Å². The van der Waals surface area contributed by atoms with Crippen molar-refractivity contribution < 1.29 is 9.47 Å². The van der Waals surface area contributed by atoms with Crippen LogP contribution in [0.2, 0.25) is 0 Å². The number of allylic oxidation sites excluding steroid dienone is 2. The summed E-state index contributed by atoms with van der Waals surface area (Å²) >= 11 is 0. The number of rotatable bonds is 8. The van der Waals surface area contributed by atoms with Crippen LogP contribution in [0.1, 0.15) is 47.5 Å². The lowest BCUT2D eigenvalue weighted by molar-refractivity contribution is -0.144. The maximum Gasteiger partial charge on any atom is 0.158 e. The molecule has 0 saturated heterocycles. The minimum Gasteiger partial charge on any atom is -0.348 e. The highest BCUT2D eigenvalue weighted by Gasteiger charge is 2.36. The van der Waals surface area contributed by atoms with Crippen LogP contribution in [0.15, 0.2) is 36.0 Å². The van der Waals surface area contributed by atoms with E-state index in [9.17, 15) is 0 Å². The molecular weight excluding hydrogens is 248 g/mol. The van der Waals surface area contributed by atoms with Crippen LogP contribution in [0.3, 0.4) is 0 Å². The van der Waals surface area contributed by atoms with E-state index in [1.807, 2.05) is 13.8 Å². The fourth-order valence-corrected chi connectivity index (χ4v) is 2.48. The molecule has 0 bridgehead atoms. The zero-order valence-electron chi connectivity index (χ0n) is 13.8. The summed E-state index contributed by atoms with van der Waals surface area (Å²) < 4.78 is 11.7. The topological polar surface area (TPSA) is 18.5 Å². The zero-order valence-corrected chi connectivity index (χ0v) is 13.8. The van der Waals surface area contributed by atoms with Gasteiger partial charge < -0.3 is 9.47 Å². The summed E-state index contributed by atoms with van der Waals surface area (Å²) in [5, 5.41) is 0. The highest BCUT2D eigenvalue weighted by atomic mass is 16.7. The minimum atomic E-state index is -0.174. The molecule has 0 heterocycles. The molecular formula is C18H30O2. The predicted octanol–water partition coefficient (Wildman–Crippen LogP) is 4.88. The Hall–Kier alpha value is -0.860. The van der Waals surface area contributed by atoms with Crippen molar-refractivity contribution in [1.82, 2.24) is 0 Å². The molecule has 0 spiro atoms. The van der Waals surface area contributed by atoms with Gasteiger partial charge in [0.2, 0.25) is 0 Å². The number of hydrogen-bond donors (Lipinski definition) is 0. The molecule has 1 aliphatic rings. The Kier molecular flexibility index (Phi) is 6.22. The Balaban J connectivity index is 2.59. The van der Waals surface area contributed by atoms with Crippen LogP contribution in [0.5, 0.6) is 0 Å². The second-order valence-electron chi connectivity index (χ2n) is 6.74. The van der Waals surface area contributed by atoms with Crippen molar-refractivity contribution in [2.75, 3.05) is 13.2 Å². The monoisotopic (exact) mass is 278 g/mol. The van der Waals surface area contributed by atoms with E-state index in [0.29, 0.717) is 19.1 Å². The maximum absolute atomic E-state index is 5.86. The van der Waals surface area contributed by atoms with E-state index in [4.69, 9.17) is 9.47 Å². The molecule has 0 saturated carbocycles. The molecule has 0 aromatic rings. The van der Waals surface area contributed by atoms with Gasteiger partial charge in [0.25, 0.3) is 0 Å². The second kappa shape index (κ2) is 7.24. The summed E-state index contributed by atoms with van der Waals surface area (Å²) in [5.74, 6) is 0.572. The largest absolute Gasteiger partial charge is 0.348 e. The molecule has 0 N–H and O–H groups in total. The van der Waals surface area contributed by atoms with Crippen molar-refractivity contribution in [2.45, 2.75) is 53.8 Å². The molecule has 2 nitrogen and oxygen atoms in total. The Morgan fingerprint density at radius 3 is 2.10 bits per heavy atom. The smallest absolute Gasteiger partial charge is 0.158 e. The summed E-state index contributed by atoms with van der Waals surface area (Å²) in [6, 6.07) is 0. The van der Waals surface area contributed by atoms with E-state index in [0.717, 1.165) is 24.0 Å². The molecule has 0 aliphatic heterocycles. The van der Waals surface area contributed by atoms with Crippen molar-refractivity contribution >= 4 is 0 Å². The molecule has 1 aliphatic carbocycles. The third-order valence-corrected chi connectivity index (χ3v) is 4.25. The van der Waals surface area contributed by atoms with Crippen molar-refractivity contribution in [3.8, 4) is 0 Å². The Morgan fingerprint density at radius 2 is 1.75 bits per heavy atom. The van der Waals surface area contributed by atoms with E-state index in [-0.39, 0.29) is 11.7 Å². The van der Waals surface area contributed by atoms with Gasteiger partial charge in [0.15, 0.2) is 6.29 Å². The van der Waals surface area contributed by atoms with Gasteiger partial charge in [-0.05, 0) is 38.5 Å². The summed E-state index contributed by atoms with van der Waals surface area (Å²) in [6.45, 7) is 19.7. The Labute approximate surface area is 124 Å². The number of hydrogen-bond acceptors (Lipinski definition) is 2. The van der Waals surface area contributed by atoms with Gasteiger partial charge in [0, 0.05) is 6.42 Å². The van der Waals surface area contributed by atoms with Crippen LogP contribution in [0.25, 0.3) is 0 Å². The van der Waals surface area contributed by atoms with Crippen molar-refractivity contribution in [1.29, 1.82) is 0 Å². The average molecular weight is 278 g/mol. The first-order valence-corrected chi connectivity index (χ1v) is 7.42. The average Bonchev–Trinajstić information content (AvgIpc) is 2.58. The van der Waals surface area contributed by atoms with Crippen LogP contribution in [-0.2, 0) is 9.47 Å². The van der Waals surface area contributed by atoms with Crippen molar-refractivity contribution in [2.24, 2.45) is 11.3 Å². The van der Waals surface area contributed by atoms with Crippen LogP contribution in [0.4, 0.5) is 0 Å². The minimum absolute atomic E-state index is 0.174. The van der Waals surface area contributed by atoms with Gasteiger partial charge in [0.1, 0.15) is 0 Å². The van der Waals surface area contributed by atoms with Gasteiger partial charge in [-0.25, -0.2) is 0 Å². The Bertz CT molecular complexity index is 372. The molecule has 1 unspecified atom stereocenters. The molecule has 0 aromatic carbocycles. The van der Waals surface area contributed by atoms with Gasteiger partial charge >= 0.3 is 0 Å². The molecule has 1 rings (SSSR count). The lowest BCUT2D eigenvalue weighted by Gasteiger charge is -2.32. The predicted molar refractivity (Wildman–Crippen MR) is 85.6 cm³/mol. The van der Waals surface area contributed by atoms with E-state index >= 15 is 0 Å². The fraction of sp³-hybridized carbons (Fsp3) is 0.667. The highest BCUT2D eigenvalue weighted by Crippen LogP contribution is 2.45. The standard InChI is InChI=1S/C18H30O2/c1-13(2)11-19-17(20-12-14(3)4)10-16-9-8-15(5)18(16,6)7/h8,16-17H,1,3,9-12H2,2,4-7H3.